The summed E-state index contributed by atoms with van der Waals surface area (Å²) in [5.41, 5.74) is -2.09. The average Bonchev–Trinajstić information content (AvgIpc) is 2.20. The second-order valence-electron chi connectivity index (χ2n) is 2.71. The molecule has 1 aromatic rings. The summed E-state index contributed by atoms with van der Waals surface area (Å²) in [6.07, 6.45) is -2.63. The summed E-state index contributed by atoms with van der Waals surface area (Å²) in [5, 5.41) is 18.9. The summed E-state index contributed by atoms with van der Waals surface area (Å²) in [7, 11) is 0. The molecule has 16 heavy (non-hydrogen) atoms. The highest BCUT2D eigenvalue weighted by atomic mass is 35.5. The maximum atomic E-state index is 12.4. The second kappa shape index (κ2) is 4.81. The van der Waals surface area contributed by atoms with Crippen LogP contribution in [0.25, 0.3) is 0 Å². The molecule has 84 valence electrons. The topological polar surface area (TPSA) is 79.8 Å². The molecule has 0 bridgehead atoms. The van der Waals surface area contributed by atoms with Crippen LogP contribution in [0.1, 0.15) is 17.7 Å². The van der Waals surface area contributed by atoms with Gasteiger partial charge < -0.3 is 0 Å². The second-order valence-corrected chi connectivity index (χ2v) is 3.12. The van der Waals surface area contributed by atoms with Crippen LogP contribution < -0.4 is 0 Å². The number of aromatic nitrogens is 1. The van der Waals surface area contributed by atoms with E-state index in [9.17, 15) is 18.9 Å². The first-order chi connectivity index (χ1) is 7.49. The van der Waals surface area contributed by atoms with E-state index in [0.29, 0.717) is 0 Å². The molecule has 0 amide bonds. The quantitative estimate of drug-likeness (QED) is 0.607. The molecule has 0 N–H and O–H groups in total. The number of alkyl halides is 2. The van der Waals surface area contributed by atoms with E-state index in [0.717, 1.165) is 6.20 Å². The van der Waals surface area contributed by atoms with E-state index < -0.39 is 29.2 Å². The number of rotatable bonds is 3. The van der Waals surface area contributed by atoms with Crippen LogP contribution in [0, 0.1) is 21.4 Å². The van der Waals surface area contributed by atoms with Crippen molar-refractivity contribution in [2.24, 2.45) is 0 Å². The third-order valence-electron chi connectivity index (χ3n) is 1.78. The number of halogens is 3. The Labute approximate surface area is 93.4 Å². The van der Waals surface area contributed by atoms with Crippen molar-refractivity contribution in [2.45, 2.75) is 12.8 Å². The Morgan fingerprint density at radius 3 is 2.75 bits per heavy atom. The summed E-state index contributed by atoms with van der Waals surface area (Å²) < 4.78 is 24.9. The van der Waals surface area contributed by atoms with Gasteiger partial charge in [0.05, 0.1) is 28.0 Å². The Hall–Kier alpha value is -1.81. The maximum absolute atomic E-state index is 12.4. The molecule has 0 atom stereocenters. The zero-order chi connectivity index (χ0) is 12.3. The Morgan fingerprint density at radius 2 is 2.31 bits per heavy atom. The van der Waals surface area contributed by atoms with Crippen molar-refractivity contribution in [1.29, 1.82) is 5.26 Å². The van der Waals surface area contributed by atoms with Gasteiger partial charge in [0.25, 0.3) is 6.43 Å². The van der Waals surface area contributed by atoms with Crippen LogP contribution >= 0.6 is 11.6 Å². The molecule has 0 aliphatic heterocycles. The van der Waals surface area contributed by atoms with Gasteiger partial charge >= 0.3 is 5.69 Å². The molecule has 1 heterocycles. The molecule has 1 aromatic heterocycles. The minimum atomic E-state index is -3.09. The minimum Gasteiger partial charge on any atom is -0.258 e. The molecule has 0 aliphatic rings. The Morgan fingerprint density at radius 1 is 1.69 bits per heavy atom. The van der Waals surface area contributed by atoms with Gasteiger partial charge in [-0.25, -0.2) is 13.8 Å². The zero-order valence-corrected chi connectivity index (χ0v) is 8.41. The zero-order valence-electron chi connectivity index (χ0n) is 7.65. The first-order valence-corrected chi connectivity index (χ1v) is 4.33. The number of hydrogen-bond acceptors (Lipinski definition) is 4. The van der Waals surface area contributed by atoms with E-state index in [1.165, 1.54) is 0 Å². The highest BCUT2D eigenvalue weighted by molar-refractivity contribution is 6.31. The summed E-state index contributed by atoms with van der Waals surface area (Å²) in [6, 6.07) is 1.62. The Kier molecular flexibility index (Phi) is 3.68. The van der Waals surface area contributed by atoms with Gasteiger partial charge in [-0.05, 0) is 0 Å². The Balaban J connectivity index is 3.51. The van der Waals surface area contributed by atoms with Crippen molar-refractivity contribution in [2.75, 3.05) is 0 Å². The smallest absolute Gasteiger partial charge is 0.258 e. The van der Waals surface area contributed by atoms with Crippen LogP contribution in [0.4, 0.5) is 14.5 Å². The van der Waals surface area contributed by atoms with Gasteiger partial charge in [0.15, 0.2) is 5.69 Å². The molecule has 0 fully saturated rings. The standard InChI is InChI=1S/C8H4ClF2N3O2/c9-5-3-13-6(8(10)11)7(14(15)16)4(5)1-2-12/h3,8H,1H2. The summed E-state index contributed by atoms with van der Waals surface area (Å²) in [4.78, 5) is 12.8. The largest absolute Gasteiger partial charge is 0.302 e. The van der Waals surface area contributed by atoms with E-state index in [1.807, 2.05) is 0 Å². The van der Waals surface area contributed by atoms with Crippen molar-refractivity contribution in [3.8, 4) is 6.07 Å². The fourth-order valence-electron chi connectivity index (χ4n) is 1.14. The molecule has 0 saturated heterocycles. The molecule has 8 heteroatoms. The van der Waals surface area contributed by atoms with Crippen LogP contribution in [0.3, 0.4) is 0 Å². The number of nitro groups is 1. The minimum absolute atomic E-state index is 0.169. The van der Waals surface area contributed by atoms with Crippen LogP contribution in [0.5, 0.6) is 0 Å². The molecule has 0 radical (unpaired) electrons. The van der Waals surface area contributed by atoms with Gasteiger partial charge in [0, 0.05) is 6.20 Å². The lowest BCUT2D eigenvalue weighted by molar-refractivity contribution is -0.387. The van der Waals surface area contributed by atoms with Gasteiger partial charge in [-0.15, -0.1) is 0 Å². The third kappa shape index (κ3) is 2.23. The number of nitrogens with zero attached hydrogens (tertiary/aromatic N) is 3. The van der Waals surface area contributed by atoms with Crippen molar-refractivity contribution in [3.63, 3.8) is 0 Å². The lowest BCUT2D eigenvalue weighted by Gasteiger charge is -2.05. The van der Waals surface area contributed by atoms with Crippen molar-refractivity contribution >= 4 is 17.3 Å². The van der Waals surface area contributed by atoms with Crippen LogP contribution in [-0.4, -0.2) is 9.91 Å². The molecule has 0 unspecified atom stereocenters. The molecule has 0 saturated carbocycles. The van der Waals surface area contributed by atoms with E-state index in [1.54, 1.807) is 6.07 Å². The van der Waals surface area contributed by atoms with Crippen LogP contribution in [0.15, 0.2) is 6.20 Å². The van der Waals surface area contributed by atoms with Gasteiger partial charge in [0.1, 0.15) is 0 Å². The number of pyridine rings is 1. The fourth-order valence-corrected chi connectivity index (χ4v) is 1.35. The van der Waals surface area contributed by atoms with E-state index in [2.05, 4.69) is 4.98 Å². The summed E-state index contributed by atoms with van der Waals surface area (Å²) in [5.74, 6) is 0. The summed E-state index contributed by atoms with van der Waals surface area (Å²) >= 11 is 5.57. The molecular weight excluding hydrogens is 244 g/mol. The lowest BCUT2D eigenvalue weighted by atomic mass is 10.1. The monoisotopic (exact) mass is 247 g/mol. The SMILES string of the molecule is N#CCc1c(Cl)cnc(C(F)F)c1[N+](=O)[O-]. The fraction of sp³-hybridized carbons (Fsp3) is 0.250. The summed E-state index contributed by atoms with van der Waals surface area (Å²) in [6.45, 7) is 0. The molecule has 1 rings (SSSR count). The van der Waals surface area contributed by atoms with Gasteiger partial charge in [-0.3, -0.25) is 10.1 Å². The van der Waals surface area contributed by atoms with Crippen LogP contribution in [0.2, 0.25) is 5.02 Å². The van der Waals surface area contributed by atoms with Gasteiger partial charge in [0.2, 0.25) is 0 Å². The van der Waals surface area contributed by atoms with Crippen molar-refractivity contribution < 1.29 is 13.7 Å². The number of nitriles is 1. The lowest BCUT2D eigenvalue weighted by Crippen LogP contribution is -2.04. The van der Waals surface area contributed by atoms with E-state index in [-0.39, 0.29) is 10.6 Å². The van der Waals surface area contributed by atoms with E-state index >= 15 is 0 Å². The first kappa shape index (κ1) is 12.3. The molecule has 5 nitrogen and oxygen atoms in total. The highest BCUT2D eigenvalue weighted by Gasteiger charge is 2.29. The molecular formula is C8H4ClF2N3O2. The predicted molar refractivity (Wildman–Crippen MR) is 50.2 cm³/mol. The molecule has 0 spiro atoms. The number of hydrogen-bond donors (Lipinski definition) is 0. The maximum Gasteiger partial charge on any atom is 0.302 e. The average molecular weight is 248 g/mol. The first-order valence-electron chi connectivity index (χ1n) is 3.95. The van der Waals surface area contributed by atoms with E-state index in [4.69, 9.17) is 16.9 Å². The van der Waals surface area contributed by atoms with Crippen molar-refractivity contribution in [1.82, 2.24) is 4.98 Å². The predicted octanol–water partition coefficient (Wildman–Crippen LogP) is 2.65. The van der Waals surface area contributed by atoms with Gasteiger partial charge in [-0.2, -0.15) is 5.26 Å². The molecule has 0 aliphatic carbocycles. The molecule has 0 aromatic carbocycles. The Bertz CT molecular complexity index is 473. The van der Waals surface area contributed by atoms with Crippen LogP contribution in [-0.2, 0) is 6.42 Å². The third-order valence-corrected chi connectivity index (χ3v) is 2.10. The van der Waals surface area contributed by atoms with Crippen molar-refractivity contribution in [3.05, 3.63) is 32.6 Å². The normalized spacial score (nSPS) is 10.2. The highest BCUT2D eigenvalue weighted by Crippen LogP contribution is 2.34. The van der Waals surface area contributed by atoms with Gasteiger partial charge in [-0.1, -0.05) is 11.6 Å².